The van der Waals surface area contributed by atoms with Gasteiger partial charge >= 0.3 is 11.9 Å². The van der Waals surface area contributed by atoms with E-state index in [2.05, 4.69) is 6.79 Å². The third kappa shape index (κ3) is 25.5. The predicted molar refractivity (Wildman–Crippen MR) is 94.4 cm³/mol. The van der Waals surface area contributed by atoms with E-state index >= 15 is 0 Å². The van der Waals surface area contributed by atoms with E-state index in [4.69, 9.17) is 14.3 Å². The van der Waals surface area contributed by atoms with Crippen LogP contribution in [0.15, 0.2) is 0 Å². The SMILES string of the molecule is C1CCCCCCC1.CCOC(=O)CCCCC(=O)OCC.[C]=O.[Fe]. The van der Waals surface area contributed by atoms with Crippen molar-refractivity contribution in [1.29, 1.82) is 0 Å². The Balaban J connectivity index is -0.000000373. The van der Waals surface area contributed by atoms with Gasteiger partial charge in [-0.2, -0.15) is 0 Å². The molecule has 0 heterocycles. The fourth-order valence-corrected chi connectivity index (χ4v) is 2.42. The average molecular weight is 398 g/mol. The summed E-state index contributed by atoms with van der Waals surface area (Å²) < 4.78 is 9.48. The Bertz CT molecular complexity index is 254. The number of esters is 2. The molecule has 5 nitrogen and oxygen atoms in total. The Hall–Kier alpha value is -0.871. The number of ether oxygens (including phenoxy) is 2. The maximum atomic E-state index is 10.9. The summed E-state index contributed by atoms with van der Waals surface area (Å²) in [6, 6.07) is 0. The summed E-state index contributed by atoms with van der Waals surface area (Å²) in [7, 11) is 0. The largest absolute Gasteiger partial charge is 0.466 e. The van der Waals surface area contributed by atoms with Crippen molar-refractivity contribution in [3.63, 3.8) is 0 Å². The van der Waals surface area contributed by atoms with Gasteiger partial charge in [0.2, 0.25) is 0 Å². The van der Waals surface area contributed by atoms with Gasteiger partial charge in [0.15, 0.2) is 0 Å². The Kier molecular flexibility index (Phi) is 29.3. The van der Waals surface area contributed by atoms with E-state index in [0.29, 0.717) is 38.9 Å². The second-order valence-corrected chi connectivity index (χ2v) is 5.65. The number of rotatable bonds is 7. The Morgan fingerprint density at radius 3 is 1.12 bits per heavy atom. The summed E-state index contributed by atoms with van der Waals surface area (Å²) >= 11 is 0. The van der Waals surface area contributed by atoms with Gasteiger partial charge in [0.1, 0.15) is 0 Å². The maximum Gasteiger partial charge on any atom is 0.305 e. The minimum absolute atomic E-state index is 0. The van der Waals surface area contributed by atoms with Crippen LogP contribution in [0.3, 0.4) is 0 Å². The van der Waals surface area contributed by atoms with Gasteiger partial charge in [-0.25, -0.2) is 0 Å². The summed E-state index contributed by atoms with van der Waals surface area (Å²) in [6.07, 6.45) is 14.1. The van der Waals surface area contributed by atoms with Crippen LogP contribution in [-0.4, -0.2) is 31.9 Å². The van der Waals surface area contributed by atoms with Gasteiger partial charge in [-0.15, -0.1) is 0 Å². The van der Waals surface area contributed by atoms with Gasteiger partial charge in [0.05, 0.1) is 13.2 Å². The Morgan fingerprint density at radius 1 is 0.680 bits per heavy atom. The molecule has 0 aromatic carbocycles. The molecule has 0 atom stereocenters. The summed E-state index contributed by atoms with van der Waals surface area (Å²) in [5, 5.41) is 0. The maximum absolute atomic E-state index is 10.9. The first kappa shape index (κ1) is 28.9. The molecular formula is C19H34FeO5. The molecule has 0 aromatic heterocycles. The summed E-state index contributed by atoms with van der Waals surface area (Å²) in [6.45, 7) is 8.88. The molecule has 0 aromatic rings. The van der Waals surface area contributed by atoms with Crippen LogP contribution in [0.1, 0.15) is 90.9 Å². The molecule has 1 rings (SSSR count). The van der Waals surface area contributed by atoms with Crippen molar-refractivity contribution in [3.05, 3.63) is 0 Å². The molecule has 6 heteroatoms. The number of carbonyl (C=O) groups excluding carboxylic acids is 3. The van der Waals surface area contributed by atoms with Gasteiger partial charge < -0.3 is 9.47 Å². The summed E-state index contributed by atoms with van der Waals surface area (Å²) in [5.41, 5.74) is 0. The normalized spacial score (nSPS) is 13.2. The van der Waals surface area contributed by atoms with Crippen molar-refractivity contribution in [2.75, 3.05) is 13.2 Å². The summed E-state index contributed by atoms with van der Waals surface area (Å²) in [4.78, 5) is 29.3. The van der Waals surface area contributed by atoms with Crippen molar-refractivity contribution in [1.82, 2.24) is 0 Å². The van der Waals surface area contributed by atoms with Crippen LogP contribution in [0.5, 0.6) is 0 Å². The van der Waals surface area contributed by atoms with Crippen LogP contribution in [0.4, 0.5) is 0 Å². The third-order valence-electron chi connectivity index (χ3n) is 3.62. The van der Waals surface area contributed by atoms with Crippen LogP contribution in [-0.2, 0) is 40.9 Å². The fraction of sp³-hybridized carbons (Fsp3) is 0.842. The molecule has 0 N–H and O–H groups in total. The van der Waals surface area contributed by atoms with Gasteiger partial charge in [-0.05, 0) is 26.7 Å². The number of hydrogen-bond acceptors (Lipinski definition) is 5. The first-order chi connectivity index (χ1) is 11.7. The van der Waals surface area contributed by atoms with E-state index in [-0.39, 0.29) is 29.0 Å². The zero-order valence-electron chi connectivity index (χ0n) is 15.8. The molecule has 0 aliphatic heterocycles. The number of unbranched alkanes of at least 4 members (excludes halogenated alkanes) is 1. The van der Waals surface area contributed by atoms with E-state index in [1.54, 1.807) is 13.8 Å². The van der Waals surface area contributed by atoms with Crippen LogP contribution in [0.25, 0.3) is 0 Å². The van der Waals surface area contributed by atoms with E-state index < -0.39 is 0 Å². The zero-order valence-corrected chi connectivity index (χ0v) is 16.9. The van der Waals surface area contributed by atoms with Crippen LogP contribution in [0, 0.1) is 0 Å². The molecule has 25 heavy (non-hydrogen) atoms. The van der Waals surface area contributed by atoms with E-state index in [1.807, 2.05) is 0 Å². The molecule has 1 aliphatic carbocycles. The van der Waals surface area contributed by atoms with Crippen LogP contribution < -0.4 is 0 Å². The molecule has 1 aliphatic rings. The van der Waals surface area contributed by atoms with Crippen molar-refractivity contribution < 1.29 is 40.9 Å². The Morgan fingerprint density at radius 2 is 0.920 bits per heavy atom. The molecular weight excluding hydrogens is 364 g/mol. The third-order valence-corrected chi connectivity index (χ3v) is 3.62. The van der Waals surface area contributed by atoms with E-state index in [1.165, 1.54) is 51.4 Å². The van der Waals surface area contributed by atoms with Gasteiger partial charge in [0, 0.05) is 29.9 Å². The molecule has 1 saturated carbocycles. The van der Waals surface area contributed by atoms with Crippen LogP contribution >= 0.6 is 0 Å². The second-order valence-electron chi connectivity index (χ2n) is 5.65. The number of carbonyl (C=O) groups is 2. The second kappa shape index (κ2) is 25.4. The summed E-state index contributed by atoms with van der Waals surface area (Å²) in [5.74, 6) is -0.396. The van der Waals surface area contributed by atoms with Crippen LogP contribution in [0.2, 0.25) is 0 Å². The predicted octanol–water partition coefficient (Wildman–Crippen LogP) is 4.39. The molecule has 2 radical (unpaired) electrons. The van der Waals surface area contributed by atoms with Crippen molar-refractivity contribution in [2.24, 2.45) is 0 Å². The van der Waals surface area contributed by atoms with E-state index in [0.717, 1.165) is 0 Å². The minimum Gasteiger partial charge on any atom is -0.466 e. The van der Waals surface area contributed by atoms with Crippen molar-refractivity contribution >= 4 is 18.7 Å². The van der Waals surface area contributed by atoms with Gasteiger partial charge in [0.25, 0.3) is 6.79 Å². The van der Waals surface area contributed by atoms with E-state index in [9.17, 15) is 9.59 Å². The first-order valence-electron chi connectivity index (χ1n) is 9.22. The monoisotopic (exact) mass is 398 g/mol. The minimum atomic E-state index is -0.198. The molecule has 0 spiro atoms. The van der Waals surface area contributed by atoms with Gasteiger partial charge in [-0.3, -0.25) is 14.4 Å². The smallest absolute Gasteiger partial charge is 0.305 e. The van der Waals surface area contributed by atoms with Gasteiger partial charge in [-0.1, -0.05) is 51.4 Å². The van der Waals surface area contributed by atoms with Crippen molar-refractivity contribution in [3.8, 4) is 0 Å². The average Bonchev–Trinajstić information content (AvgIpc) is 2.54. The Labute approximate surface area is 164 Å². The standard InChI is InChI=1S/C10H18O4.C8H16.CO.Fe/c1-3-13-9(11)7-5-6-8-10(12)14-4-2;1-2-4-6-8-7-5-3-1;1-2;/h3-8H2,1-2H3;1-8H2;;. The fourth-order valence-electron chi connectivity index (χ4n) is 2.42. The molecule has 148 valence electrons. The molecule has 0 amide bonds. The molecule has 1 fully saturated rings. The molecule has 0 bridgehead atoms. The number of hydrogen-bond donors (Lipinski definition) is 0. The molecule has 0 saturated heterocycles. The zero-order chi connectivity index (χ0) is 18.5. The molecule has 0 unspecified atom stereocenters. The van der Waals surface area contributed by atoms with Crippen molar-refractivity contribution in [2.45, 2.75) is 90.9 Å². The quantitative estimate of drug-likeness (QED) is 0.361. The topological polar surface area (TPSA) is 69.7 Å². The first-order valence-corrected chi connectivity index (χ1v) is 9.22.